The van der Waals surface area contributed by atoms with E-state index in [1.807, 2.05) is 0 Å². The highest BCUT2D eigenvalue weighted by molar-refractivity contribution is 7.84. The molecular formula is C42H60F2N6O6S2. The summed E-state index contributed by atoms with van der Waals surface area (Å²) in [5.41, 5.74) is -3.43. The minimum Gasteiger partial charge on any atom is -0.258 e. The molecule has 320 valence electrons. The molecule has 2 aromatic rings. The molecule has 2 aliphatic carbocycles. The lowest BCUT2D eigenvalue weighted by atomic mass is 9.70. The van der Waals surface area contributed by atoms with Crippen molar-refractivity contribution in [1.82, 2.24) is 9.44 Å². The molecule has 0 saturated heterocycles. The Morgan fingerprint density at radius 1 is 0.638 bits per heavy atom. The summed E-state index contributed by atoms with van der Waals surface area (Å²) in [4.78, 5) is 21.3. The van der Waals surface area contributed by atoms with E-state index in [9.17, 15) is 48.0 Å². The monoisotopic (exact) mass is 846 g/mol. The Hall–Kier alpha value is -3.70. The van der Waals surface area contributed by atoms with Gasteiger partial charge in [-0.3, -0.25) is 20.2 Å². The van der Waals surface area contributed by atoms with Gasteiger partial charge in [-0.1, -0.05) is 38.5 Å². The van der Waals surface area contributed by atoms with Gasteiger partial charge in [-0.2, -0.15) is 10.5 Å². The Labute approximate surface area is 347 Å². The highest BCUT2D eigenvalue weighted by Gasteiger charge is 2.42. The lowest BCUT2D eigenvalue weighted by Crippen LogP contribution is -2.47. The molecule has 0 spiro atoms. The zero-order chi connectivity index (χ0) is 43.7. The van der Waals surface area contributed by atoms with Crippen molar-refractivity contribution in [2.45, 2.75) is 166 Å². The van der Waals surface area contributed by atoms with Crippen LogP contribution in [0, 0.1) is 65.4 Å². The van der Waals surface area contributed by atoms with Crippen molar-refractivity contribution in [3.8, 4) is 12.1 Å². The maximum Gasteiger partial charge on any atom is 0.269 e. The van der Waals surface area contributed by atoms with Crippen LogP contribution in [0.2, 0.25) is 0 Å². The lowest BCUT2D eigenvalue weighted by molar-refractivity contribution is -0.385. The number of nitro groups is 2. The Bertz CT molecular complexity index is 1790. The van der Waals surface area contributed by atoms with Crippen LogP contribution in [-0.4, -0.2) is 27.8 Å². The second-order valence-electron chi connectivity index (χ2n) is 18.4. The minimum absolute atomic E-state index is 0.105. The molecule has 58 heavy (non-hydrogen) atoms. The summed E-state index contributed by atoms with van der Waals surface area (Å²) in [6.45, 7) is 14.3. The number of hydrogen-bond acceptors (Lipinski definition) is 8. The Balaban J connectivity index is 0.000000310. The van der Waals surface area contributed by atoms with Crippen LogP contribution < -0.4 is 9.44 Å². The second-order valence-corrected chi connectivity index (χ2v) is 22.3. The summed E-state index contributed by atoms with van der Waals surface area (Å²) < 4.78 is 60.2. The number of benzene rings is 2. The number of non-ortho nitro benzene ring substituents is 2. The average Bonchev–Trinajstić information content (AvgIpc) is 3.16. The predicted octanol–water partition coefficient (Wildman–Crippen LogP) is 10.5. The van der Waals surface area contributed by atoms with Crippen molar-refractivity contribution in [3.63, 3.8) is 0 Å². The highest BCUT2D eigenvalue weighted by atomic mass is 32.2. The first-order chi connectivity index (χ1) is 26.8. The van der Waals surface area contributed by atoms with Gasteiger partial charge in [-0.05, 0) is 119 Å². The molecule has 0 bridgehead atoms. The molecule has 2 aromatic carbocycles. The maximum absolute atomic E-state index is 14.8. The second kappa shape index (κ2) is 19.6. The standard InChI is InChI=1S/2C21H30FN3O3S/c2*1-19(2,3)29(28)24-20(4,12-13-21(15-23)10-6-5-7-11-21)17-14-16(25(26)27)8-9-18(17)22/h2*8-9,14,24H,5-7,10-13H2,1-4H3/t20-,29+;20-,29-/m01/s1. The SMILES string of the molecule is CC(C)(C)[S@@](=O)N[C@@](C)(CCC1(C#N)CCCCC1)c1cc([N+](=O)[O-])ccc1F.CC(C)(C)[S@@](=O)N[C@](C)(CCC1(C#N)CCCCC1)c1cc([N+](=O)[O-])ccc1F. The van der Waals surface area contributed by atoms with Gasteiger partial charge in [-0.15, -0.1) is 0 Å². The fourth-order valence-corrected chi connectivity index (χ4v) is 9.42. The molecule has 0 aromatic heterocycles. The largest absolute Gasteiger partial charge is 0.269 e. The van der Waals surface area contributed by atoms with E-state index >= 15 is 0 Å². The number of hydrogen-bond donors (Lipinski definition) is 2. The minimum atomic E-state index is -1.52. The third-order valence-electron chi connectivity index (χ3n) is 11.6. The van der Waals surface area contributed by atoms with Crippen LogP contribution in [0.5, 0.6) is 0 Å². The van der Waals surface area contributed by atoms with Crippen LogP contribution in [-0.2, 0) is 33.0 Å². The molecule has 4 rings (SSSR count). The van der Waals surface area contributed by atoms with E-state index in [2.05, 4.69) is 21.6 Å². The molecule has 0 amide bonds. The van der Waals surface area contributed by atoms with Crippen molar-refractivity contribution in [2.24, 2.45) is 10.8 Å². The molecule has 2 N–H and O–H groups in total. The van der Waals surface area contributed by atoms with E-state index in [0.29, 0.717) is 25.7 Å². The summed E-state index contributed by atoms with van der Waals surface area (Å²) in [7, 11) is -3.05. The van der Waals surface area contributed by atoms with Crippen molar-refractivity contribution < 1.29 is 27.0 Å². The van der Waals surface area contributed by atoms with Gasteiger partial charge in [0.1, 0.15) is 11.6 Å². The van der Waals surface area contributed by atoms with Gasteiger partial charge < -0.3 is 0 Å². The summed E-state index contributed by atoms with van der Waals surface area (Å²) in [6, 6.07) is 11.7. The van der Waals surface area contributed by atoms with Crippen LogP contribution in [0.3, 0.4) is 0 Å². The van der Waals surface area contributed by atoms with E-state index in [1.165, 1.54) is 12.1 Å². The van der Waals surface area contributed by atoms with E-state index in [4.69, 9.17) is 0 Å². The number of nitrogens with one attached hydrogen (secondary N) is 2. The molecule has 16 heteroatoms. The number of nitro benzene ring substituents is 2. The first-order valence-corrected chi connectivity index (χ1v) is 22.3. The van der Waals surface area contributed by atoms with Crippen molar-refractivity contribution in [1.29, 1.82) is 10.5 Å². The molecule has 0 unspecified atom stereocenters. The van der Waals surface area contributed by atoms with Gasteiger partial charge in [0, 0.05) is 35.4 Å². The van der Waals surface area contributed by atoms with E-state index < -0.39 is 74.9 Å². The Morgan fingerprint density at radius 3 is 1.21 bits per heavy atom. The number of nitriles is 2. The molecule has 2 aliphatic rings. The lowest BCUT2D eigenvalue weighted by Gasteiger charge is -2.38. The smallest absolute Gasteiger partial charge is 0.258 e. The zero-order valence-electron chi connectivity index (χ0n) is 35.2. The average molecular weight is 847 g/mol. The topological polar surface area (TPSA) is 192 Å². The van der Waals surface area contributed by atoms with Gasteiger partial charge in [0.15, 0.2) is 0 Å². The first kappa shape index (κ1) is 48.7. The molecule has 4 atom stereocenters. The Kier molecular flexibility index (Phi) is 16.4. The third-order valence-corrected chi connectivity index (χ3v) is 15.1. The van der Waals surface area contributed by atoms with Crippen molar-refractivity contribution in [2.75, 3.05) is 0 Å². The van der Waals surface area contributed by atoms with Gasteiger partial charge in [0.25, 0.3) is 11.4 Å². The van der Waals surface area contributed by atoms with Gasteiger partial charge >= 0.3 is 0 Å². The van der Waals surface area contributed by atoms with Gasteiger partial charge in [-0.25, -0.2) is 26.6 Å². The van der Waals surface area contributed by atoms with Crippen LogP contribution >= 0.6 is 0 Å². The molecule has 12 nitrogen and oxygen atoms in total. The normalized spacial score (nSPS) is 19.7. The van der Waals surface area contributed by atoms with E-state index in [-0.39, 0.29) is 22.5 Å². The van der Waals surface area contributed by atoms with Crippen LogP contribution in [0.1, 0.15) is 156 Å². The van der Waals surface area contributed by atoms with Crippen LogP contribution in [0.4, 0.5) is 20.2 Å². The van der Waals surface area contributed by atoms with Crippen LogP contribution in [0.25, 0.3) is 0 Å². The summed E-state index contributed by atoms with van der Waals surface area (Å²) in [5.74, 6) is -1.18. The van der Waals surface area contributed by atoms with Crippen molar-refractivity contribution >= 4 is 33.3 Å². The van der Waals surface area contributed by atoms with E-state index in [1.54, 1.807) is 55.4 Å². The van der Waals surface area contributed by atoms with Crippen molar-refractivity contribution in [3.05, 3.63) is 79.4 Å². The van der Waals surface area contributed by atoms with Gasteiger partial charge in [0.05, 0.1) is 75.4 Å². The Morgan fingerprint density at radius 2 is 0.948 bits per heavy atom. The summed E-state index contributed by atoms with van der Waals surface area (Å²) in [6.07, 6.45) is 11.0. The number of halogens is 2. The third kappa shape index (κ3) is 12.7. The number of rotatable bonds is 14. The number of nitrogens with zero attached hydrogens (tertiary/aromatic N) is 4. The van der Waals surface area contributed by atoms with Crippen LogP contribution in [0.15, 0.2) is 36.4 Å². The molecule has 0 radical (unpaired) electrons. The maximum atomic E-state index is 14.8. The summed E-state index contributed by atoms with van der Waals surface area (Å²) >= 11 is 0. The first-order valence-electron chi connectivity index (χ1n) is 20.0. The quantitative estimate of drug-likeness (QED) is 0.139. The molecule has 0 aliphatic heterocycles. The van der Waals surface area contributed by atoms with Gasteiger partial charge in [0.2, 0.25) is 0 Å². The highest BCUT2D eigenvalue weighted by Crippen LogP contribution is 2.45. The fraction of sp³-hybridized carbons (Fsp3) is 0.667. The van der Waals surface area contributed by atoms with E-state index in [0.717, 1.165) is 88.5 Å². The molecule has 2 fully saturated rings. The molecule has 0 heterocycles. The molecule has 2 saturated carbocycles. The zero-order valence-corrected chi connectivity index (χ0v) is 36.8. The predicted molar refractivity (Wildman–Crippen MR) is 224 cm³/mol. The fourth-order valence-electron chi connectivity index (χ4n) is 7.57. The summed E-state index contributed by atoms with van der Waals surface area (Å²) in [5, 5.41) is 42.1. The molecular weight excluding hydrogens is 787 g/mol.